The molecule has 3 heterocycles. The summed E-state index contributed by atoms with van der Waals surface area (Å²) in [6, 6.07) is 0. The zero-order valence-electron chi connectivity index (χ0n) is 14.5. The van der Waals surface area contributed by atoms with Gasteiger partial charge < -0.3 is 29.3 Å². The number of nitrogens with one attached hydrogen (secondary N) is 1. The maximum Gasteiger partial charge on any atom is 0.256 e. The lowest BCUT2D eigenvalue weighted by atomic mass is 9.95. The number of amides is 2. The first kappa shape index (κ1) is 17.6. The average molecular weight is 341 g/mol. The topological polar surface area (TPSA) is 80.3 Å². The Morgan fingerprint density at radius 2 is 1.17 bits per heavy atom. The quantitative estimate of drug-likeness (QED) is 0.683. The number of ether oxygens (including phenoxy) is 3. The van der Waals surface area contributed by atoms with Crippen LogP contribution in [0.1, 0.15) is 13.8 Å². The molecule has 3 aliphatic heterocycles. The van der Waals surface area contributed by atoms with Crippen molar-refractivity contribution in [1.82, 2.24) is 15.1 Å². The van der Waals surface area contributed by atoms with Crippen molar-refractivity contribution in [2.24, 2.45) is 0 Å². The monoisotopic (exact) mass is 341 g/mol. The van der Waals surface area contributed by atoms with E-state index in [2.05, 4.69) is 5.32 Å². The highest BCUT2D eigenvalue weighted by Crippen LogP contribution is 2.28. The summed E-state index contributed by atoms with van der Waals surface area (Å²) in [5.41, 5.74) is -2.10. The molecule has 3 aliphatic rings. The van der Waals surface area contributed by atoms with Gasteiger partial charge in [-0.15, -0.1) is 0 Å². The highest BCUT2D eigenvalue weighted by molar-refractivity contribution is 5.89. The third-order valence-electron chi connectivity index (χ3n) is 4.88. The minimum absolute atomic E-state index is 0.0843. The van der Waals surface area contributed by atoms with Crippen LogP contribution in [0.25, 0.3) is 0 Å². The SMILES string of the molecule is CC1(C(=O)N2CCOCC2)CNCC(C)(C(=O)N2CCOCC2)O1. The molecule has 24 heavy (non-hydrogen) atoms. The van der Waals surface area contributed by atoms with Gasteiger partial charge in [-0.3, -0.25) is 9.59 Å². The highest BCUT2D eigenvalue weighted by Gasteiger charge is 2.51. The molecule has 0 saturated carbocycles. The number of carbonyl (C=O) groups excluding carboxylic acids is 2. The fourth-order valence-corrected chi connectivity index (χ4v) is 3.55. The van der Waals surface area contributed by atoms with E-state index >= 15 is 0 Å². The van der Waals surface area contributed by atoms with Crippen molar-refractivity contribution < 1.29 is 23.8 Å². The number of nitrogens with zero attached hydrogens (tertiary/aromatic N) is 2. The van der Waals surface area contributed by atoms with E-state index in [1.807, 2.05) is 0 Å². The molecule has 2 atom stereocenters. The minimum atomic E-state index is -1.05. The number of morpholine rings is 3. The second-order valence-corrected chi connectivity index (χ2v) is 6.98. The Morgan fingerprint density at radius 1 is 0.792 bits per heavy atom. The number of hydrogen-bond donors (Lipinski definition) is 1. The number of rotatable bonds is 2. The molecule has 136 valence electrons. The summed E-state index contributed by atoms with van der Waals surface area (Å²) in [5, 5.41) is 3.22. The van der Waals surface area contributed by atoms with Crippen LogP contribution in [-0.4, -0.2) is 98.5 Å². The van der Waals surface area contributed by atoms with Gasteiger partial charge in [-0.1, -0.05) is 0 Å². The van der Waals surface area contributed by atoms with Crippen LogP contribution in [0.3, 0.4) is 0 Å². The summed E-state index contributed by atoms with van der Waals surface area (Å²) in [6.45, 7) is 8.74. The Morgan fingerprint density at radius 3 is 1.54 bits per heavy atom. The van der Waals surface area contributed by atoms with Crippen LogP contribution in [-0.2, 0) is 23.8 Å². The second-order valence-electron chi connectivity index (χ2n) is 6.98. The van der Waals surface area contributed by atoms with Crippen molar-refractivity contribution >= 4 is 11.8 Å². The Hall–Kier alpha value is -1.22. The normalized spacial score (nSPS) is 34.9. The van der Waals surface area contributed by atoms with Crippen LogP contribution >= 0.6 is 0 Å². The molecule has 8 heteroatoms. The van der Waals surface area contributed by atoms with E-state index in [4.69, 9.17) is 14.2 Å². The van der Waals surface area contributed by atoms with Gasteiger partial charge in [0.05, 0.1) is 26.4 Å². The Kier molecular flexibility index (Phi) is 5.10. The van der Waals surface area contributed by atoms with Gasteiger partial charge in [0.2, 0.25) is 0 Å². The van der Waals surface area contributed by atoms with Gasteiger partial charge in [-0.25, -0.2) is 0 Å². The summed E-state index contributed by atoms with van der Waals surface area (Å²) in [6.07, 6.45) is 0. The molecule has 1 N–H and O–H groups in total. The average Bonchev–Trinajstić information content (AvgIpc) is 2.62. The van der Waals surface area contributed by atoms with E-state index in [-0.39, 0.29) is 11.8 Å². The Labute approximate surface area is 142 Å². The summed E-state index contributed by atoms with van der Waals surface area (Å²) >= 11 is 0. The van der Waals surface area contributed by atoms with E-state index in [0.717, 1.165) is 0 Å². The molecule has 3 saturated heterocycles. The molecule has 2 amide bonds. The predicted molar refractivity (Wildman–Crippen MR) is 85.6 cm³/mol. The first-order valence-corrected chi connectivity index (χ1v) is 8.60. The van der Waals surface area contributed by atoms with E-state index in [1.54, 1.807) is 23.6 Å². The van der Waals surface area contributed by atoms with Crippen molar-refractivity contribution in [1.29, 1.82) is 0 Å². The van der Waals surface area contributed by atoms with E-state index in [0.29, 0.717) is 65.7 Å². The molecule has 0 radical (unpaired) electrons. The maximum atomic E-state index is 12.9. The van der Waals surface area contributed by atoms with Gasteiger partial charge in [-0.05, 0) is 13.8 Å². The van der Waals surface area contributed by atoms with Crippen LogP contribution in [0.5, 0.6) is 0 Å². The van der Waals surface area contributed by atoms with Gasteiger partial charge in [-0.2, -0.15) is 0 Å². The lowest BCUT2D eigenvalue weighted by molar-refractivity contribution is -0.201. The molecule has 0 aromatic carbocycles. The second kappa shape index (κ2) is 6.95. The van der Waals surface area contributed by atoms with Crippen molar-refractivity contribution in [3.63, 3.8) is 0 Å². The van der Waals surface area contributed by atoms with E-state index in [9.17, 15) is 9.59 Å². The molecule has 8 nitrogen and oxygen atoms in total. The predicted octanol–water partition coefficient (Wildman–Crippen LogP) is -1.16. The number of hydrogen-bond acceptors (Lipinski definition) is 6. The third kappa shape index (κ3) is 3.42. The molecule has 0 bridgehead atoms. The lowest BCUT2D eigenvalue weighted by Gasteiger charge is -2.47. The van der Waals surface area contributed by atoms with Gasteiger partial charge in [0.15, 0.2) is 11.2 Å². The molecule has 0 spiro atoms. The van der Waals surface area contributed by atoms with Crippen molar-refractivity contribution in [2.45, 2.75) is 25.0 Å². The Balaban J connectivity index is 1.71. The molecular weight excluding hydrogens is 314 g/mol. The third-order valence-corrected chi connectivity index (χ3v) is 4.88. The van der Waals surface area contributed by atoms with Crippen LogP contribution in [0.4, 0.5) is 0 Å². The first-order chi connectivity index (χ1) is 11.4. The van der Waals surface area contributed by atoms with Crippen molar-refractivity contribution in [3.05, 3.63) is 0 Å². The summed E-state index contributed by atoms with van der Waals surface area (Å²) in [4.78, 5) is 29.4. The van der Waals surface area contributed by atoms with Crippen LogP contribution in [0.15, 0.2) is 0 Å². The van der Waals surface area contributed by atoms with E-state index < -0.39 is 11.2 Å². The lowest BCUT2D eigenvalue weighted by Crippen LogP contribution is -2.69. The molecule has 2 unspecified atom stereocenters. The van der Waals surface area contributed by atoms with Gasteiger partial charge >= 0.3 is 0 Å². The molecule has 3 rings (SSSR count). The largest absolute Gasteiger partial charge is 0.378 e. The van der Waals surface area contributed by atoms with Crippen LogP contribution in [0, 0.1) is 0 Å². The van der Waals surface area contributed by atoms with Gasteiger partial charge in [0.1, 0.15) is 0 Å². The molecule has 0 aromatic heterocycles. The molecular formula is C16H27N3O5. The number of carbonyl (C=O) groups is 2. The first-order valence-electron chi connectivity index (χ1n) is 8.60. The minimum Gasteiger partial charge on any atom is -0.378 e. The van der Waals surface area contributed by atoms with Crippen molar-refractivity contribution in [2.75, 3.05) is 65.7 Å². The van der Waals surface area contributed by atoms with Gasteiger partial charge in [0.25, 0.3) is 11.8 Å². The Bertz CT molecular complexity index is 448. The summed E-state index contributed by atoms with van der Waals surface area (Å²) < 4.78 is 16.8. The fourth-order valence-electron chi connectivity index (χ4n) is 3.55. The van der Waals surface area contributed by atoms with Crippen molar-refractivity contribution in [3.8, 4) is 0 Å². The molecule has 3 fully saturated rings. The fraction of sp³-hybridized carbons (Fsp3) is 0.875. The van der Waals surface area contributed by atoms with E-state index in [1.165, 1.54) is 0 Å². The zero-order valence-corrected chi connectivity index (χ0v) is 14.5. The van der Waals surface area contributed by atoms with Crippen LogP contribution < -0.4 is 5.32 Å². The van der Waals surface area contributed by atoms with Gasteiger partial charge in [0, 0.05) is 39.3 Å². The maximum absolute atomic E-state index is 12.9. The smallest absolute Gasteiger partial charge is 0.256 e. The zero-order chi connectivity index (χ0) is 17.2. The summed E-state index contributed by atoms with van der Waals surface area (Å²) in [5.74, 6) is -0.169. The van der Waals surface area contributed by atoms with Crippen LogP contribution in [0.2, 0.25) is 0 Å². The molecule has 0 aromatic rings. The standard InChI is InChI=1S/C16H27N3O5/c1-15(13(20)18-3-7-22-8-4-18)11-17-12-16(2,24-15)14(21)19-5-9-23-10-6-19/h17H,3-12H2,1-2H3. The summed E-state index contributed by atoms with van der Waals surface area (Å²) in [7, 11) is 0. The molecule has 0 aliphatic carbocycles. The highest BCUT2D eigenvalue weighted by atomic mass is 16.5.